The lowest BCUT2D eigenvalue weighted by Gasteiger charge is -2.37. The van der Waals surface area contributed by atoms with Gasteiger partial charge in [-0.25, -0.2) is 4.79 Å². The molecule has 2 heterocycles. The molecule has 0 aromatic heterocycles. The van der Waals surface area contributed by atoms with Gasteiger partial charge in [-0.3, -0.25) is 4.90 Å². The highest BCUT2D eigenvalue weighted by molar-refractivity contribution is 6.88. The summed E-state index contributed by atoms with van der Waals surface area (Å²) in [7, 11) is -1.53. The lowest BCUT2D eigenvalue weighted by atomic mass is 9.86. The van der Waals surface area contributed by atoms with Crippen LogP contribution in [0.1, 0.15) is 39.2 Å². The molecule has 2 fully saturated rings. The Morgan fingerprint density at radius 2 is 1.54 bits per heavy atom. The monoisotopic (exact) mass is 572 g/mol. The Morgan fingerprint density at radius 3 is 2.20 bits per heavy atom. The number of piperidine rings is 1. The predicted molar refractivity (Wildman–Crippen MR) is 177 cm³/mol. The zero-order valence-corrected chi connectivity index (χ0v) is 26.8. The van der Waals surface area contributed by atoms with E-state index >= 15 is 0 Å². The van der Waals surface area contributed by atoms with Gasteiger partial charge in [-0.05, 0) is 47.9 Å². The van der Waals surface area contributed by atoms with Crippen molar-refractivity contribution in [1.29, 1.82) is 0 Å². The number of carbonyl (C=O) groups is 1. The van der Waals surface area contributed by atoms with Crippen molar-refractivity contribution in [2.45, 2.75) is 58.7 Å². The molecule has 0 radical (unpaired) electrons. The standard InChI is InChI=1S/C34H48N4O2Si/c1-34(2,3)29-12-11-26(41(4,5)6)23-31(29)36-33(39)35-30-13-14-32(28-10-8-7-9-27(28)30)38-17-15-25(16-18-38)24-37-19-21-40-22-20-37/h7-14,23,25H,15-22,24H2,1-6H3,(H2,35,36,39). The van der Waals surface area contributed by atoms with Gasteiger partial charge >= 0.3 is 6.03 Å². The SMILES string of the molecule is CC(C)(C)c1ccc([Si](C)(C)C)cc1NC(=O)Nc1ccc(N2CCC(CN3CCOCC3)CC2)c2ccccc12. The van der Waals surface area contributed by atoms with E-state index in [0.717, 1.165) is 67.6 Å². The highest BCUT2D eigenvalue weighted by Crippen LogP contribution is 2.35. The molecule has 7 heteroatoms. The smallest absolute Gasteiger partial charge is 0.323 e. The molecule has 0 unspecified atom stereocenters. The predicted octanol–water partition coefficient (Wildman–Crippen LogP) is 6.88. The summed E-state index contributed by atoms with van der Waals surface area (Å²) in [6.07, 6.45) is 2.42. The third-order valence-electron chi connectivity index (χ3n) is 8.67. The number of morpholine rings is 1. The third kappa shape index (κ3) is 7.14. The summed E-state index contributed by atoms with van der Waals surface area (Å²) in [5.74, 6) is 0.748. The highest BCUT2D eigenvalue weighted by atomic mass is 28.3. The largest absolute Gasteiger partial charge is 0.379 e. The van der Waals surface area contributed by atoms with Gasteiger partial charge in [0.15, 0.2) is 0 Å². The number of carbonyl (C=O) groups excluding carboxylic acids is 1. The molecule has 220 valence electrons. The molecule has 0 atom stereocenters. The van der Waals surface area contributed by atoms with Crippen molar-refractivity contribution >= 4 is 47.1 Å². The minimum absolute atomic E-state index is 0.0788. The van der Waals surface area contributed by atoms with Crippen molar-refractivity contribution in [1.82, 2.24) is 4.90 Å². The van der Waals surface area contributed by atoms with Crippen LogP contribution in [0.4, 0.5) is 21.9 Å². The van der Waals surface area contributed by atoms with Gasteiger partial charge in [-0.15, -0.1) is 0 Å². The number of ether oxygens (including phenoxy) is 1. The molecule has 0 spiro atoms. The first-order chi connectivity index (χ1) is 19.5. The second kappa shape index (κ2) is 12.2. The number of hydrogen-bond acceptors (Lipinski definition) is 4. The van der Waals surface area contributed by atoms with E-state index in [9.17, 15) is 4.79 Å². The third-order valence-corrected chi connectivity index (χ3v) is 10.7. The van der Waals surface area contributed by atoms with Gasteiger partial charge in [0.2, 0.25) is 0 Å². The molecular weight excluding hydrogens is 524 g/mol. The first-order valence-corrected chi connectivity index (χ1v) is 18.8. The Bertz CT molecular complexity index is 1360. The van der Waals surface area contributed by atoms with Crippen LogP contribution in [0, 0.1) is 5.92 Å². The first kappa shape index (κ1) is 29.6. The minimum atomic E-state index is -1.53. The van der Waals surface area contributed by atoms with Crippen molar-refractivity contribution in [3.8, 4) is 0 Å². The number of hydrogen-bond donors (Lipinski definition) is 2. The number of fused-ring (bicyclic) bond motifs is 1. The summed E-state index contributed by atoms with van der Waals surface area (Å²) in [4.78, 5) is 18.5. The summed E-state index contributed by atoms with van der Waals surface area (Å²) in [5, 5.41) is 9.99. The van der Waals surface area contributed by atoms with E-state index in [1.807, 2.05) is 0 Å². The van der Waals surface area contributed by atoms with E-state index < -0.39 is 8.07 Å². The van der Waals surface area contributed by atoms with Crippen LogP contribution in [0.3, 0.4) is 0 Å². The second-order valence-electron chi connectivity index (χ2n) is 13.9. The number of amides is 2. The van der Waals surface area contributed by atoms with E-state index in [1.54, 1.807) is 0 Å². The molecule has 2 saturated heterocycles. The molecule has 2 aliphatic rings. The number of rotatable bonds is 6. The molecule has 2 aliphatic heterocycles. The Labute approximate surface area is 247 Å². The van der Waals surface area contributed by atoms with Gasteiger partial charge in [0.1, 0.15) is 0 Å². The molecule has 0 bridgehead atoms. The van der Waals surface area contributed by atoms with Crippen LogP contribution in [0.15, 0.2) is 54.6 Å². The molecular formula is C34H48N4O2Si. The van der Waals surface area contributed by atoms with Crippen LogP contribution in [-0.4, -0.2) is 64.9 Å². The van der Waals surface area contributed by atoms with Gasteiger partial charge in [-0.2, -0.15) is 0 Å². The fourth-order valence-electron chi connectivity index (χ4n) is 6.22. The van der Waals surface area contributed by atoms with Crippen molar-refractivity contribution in [3.63, 3.8) is 0 Å². The van der Waals surface area contributed by atoms with Crippen molar-refractivity contribution < 1.29 is 9.53 Å². The van der Waals surface area contributed by atoms with Crippen LogP contribution in [-0.2, 0) is 10.2 Å². The van der Waals surface area contributed by atoms with Gasteiger partial charge in [0.05, 0.1) is 27.0 Å². The number of nitrogens with zero attached hydrogens (tertiary/aromatic N) is 2. The zero-order chi connectivity index (χ0) is 29.2. The summed E-state index contributed by atoms with van der Waals surface area (Å²) < 4.78 is 5.52. The maximum atomic E-state index is 13.4. The Kier molecular flexibility index (Phi) is 8.78. The first-order valence-electron chi connectivity index (χ1n) is 15.3. The molecule has 2 amide bonds. The number of nitrogens with one attached hydrogen (secondary N) is 2. The van der Waals surface area contributed by atoms with Crippen LogP contribution >= 0.6 is 0 Å². The van der Waals surface area contributed by atoms with Crippen molar-refractivity contribution in [2.24, 2.45) is 5.92 Å². The zero-order valence-electron chi connectivity index (χ0n) is 25.8. The maximum Gasteiger partial charge on any atom is 0.323 e. The highest BCUT2D eigenvalue weighted by Gasteiger charge is 2.25. The fourth-order valence-corrected chi connectivity index (χ4v) is 7.38. The quantitative estimate of drug-likeness (QED) is 0.316. The Hall–Kier alpha value is -2.87. The average molecular weight is 573 g/mol. The van der Waals surface area contributed by atoms with Gasteiger partial charge in [0.25, 0.3) is 0 Å². The number of urea groups is 1. The number of anilines is 3. The van der Waals surface area contributed by atoms with E-state index in [2.05, 4.69) is 115 Å². The van der Waals surface area contributed by atoms with Crippen molar-refractivity contribution in [3.05, 3.63) is 60.2 Å². The van der Waals surface area contributed by atoms with Crippen LogP contribution in [0.2, 0.25) is 19.6 Å². The normalized spacial score (nSPS) is 17.6. The Balaban J connectivity index is 1.31. The van der Waals surface area contributed by atoms with Crippen LogP contribution in [0.25, 0.3) is 10.8 Å². The van der Waals surface area contributed by atoms with E-state index in [-0.39, 0.29) is 11.4 Å². The second-order valence-corrected chi connectivity index (χ2v) is 18.9. The molecule has 0 aliphatic carbocycles. The molecule has 5 rings (SSSR count). The fraction of sp³-hybridized carbons (Fsp3) is 0.500. The van der Waals surface area contributed by atoms with Gasteiger partial charge < -0.3 is 20.3 Å². The molecule has 0 saturated carbocycles. The lowest BCUT2D eigenvalue weighted by molar-refractivity contribution is 0.0289. The number of benzene rings is 3. The van der Waals surface area contributed by atoms with E-state index in [4.69, 9.17) is 4.74 Å². The van der Waals surface area contributed by atoms with Gasteiger partial charge in [0, 0.05) is 54.9 Å². The van der Waals surface area contributed by atoms with Crippen LogP contribution in [0.5, 0.6) is 0 Å². The molecule has 41 heavy (non-hydrogen) atoms. The minimum Gasteiger partial charge on any atom is -0.379 e. The average Bonchev–Trinajstić information content (AvgIpc) is 2.93. The molecule has 6 nitrogen and oxygen atoms in total. The summed E-state index contributed by atoms with van der Waals surface area (Å²) >= 11 is 0. The summed E-state index contributed by atoms with van der Waals surface area (Å²) in [6.45, 7) is 20.8. The Morgan fingerprint density at radius 1 is 0.878 bits per heavy atom. The maximum absolute atomic E-state index is 13.4. The molecule has 2 N–H and O–H groups in total. The van der Waals surface area contributed by atoms with Crippen molar-refractivity contribution in [2.75, 3.05) is 61.5 Å². The van der Waals surface area contributed by atoms with E-state index in [0.29, 0.717) is 0 Å². The van der Waals surface area contributed by atoms with E-state index in [1.165, 1.54) is 35.6 Å². The lowest BCUT2D eigenvalue weighted by Crippen LogP contribution is -2.43. The molecule has 3 aromatic rings. The molecule has 3 aromatic carbocycles. The summed E-state index contributed by atoms with van der Waals surface area (Å²) in [6, 6.07) is 19.1. The van der Waals surface area contributed by atoms with Gasteiger partial charge in [-0.1, -0.05) is 82.0 Å². The topological polar surface area (TPSA) is 56.8 Å². The summed E-state index contributed by atoms with van der Waals surface area (Å²) in [5.41, 5.74) is 4.06. The van der Waals surface area contributed by atoms with Crippen LogP contribution < -0.4 is 20.7 Å².